The lowest BCUT2D eigenvalue weighted by molar-refractivity contribution is -0.120. The molecule has 2 rings (SSSR count). The summed E-state index contributed by atoms with van der Waals surface area (Å²) in [6.45, 7) is 0.868. The van der Waals surface area contributed by atoms with Crippen LogP contribution in [0, 0.1) is 5.92 Å². The first kappa shape index (κ1) is 9.61. The monoisotopic (exact) mass is 211 g/mol. The van der Waals surface area contributed by atoms with Crippen LogP contribution >= 0.6 is 11.3 Å². The fourth-order valence-corrected chi connectivity index (χ4v) is 2.01. The Morgan fingerprint density at radius 1 is 1.79 bits per heavy atom. The molecule has 1 aliphatic rings. The van der Waals surface area contributed by atoms with Crippen LogP contribution in [0.1, 0.15) is 23.9 Å². The van der Waals surface area contributed by atoms with E-state index in [2.05, 4.69) is 10.3 Å². The molecule has 0 aromatic carbocycles. The van der Waals surface area contributed by atoms with Crippen LogP contribution in [0.4, 0.5) is 0 Å². The predicted molar refractivity (Wildman–Crippen MR) is 54.8 cm³/mol. The lowest BCUT2D eigenvalue weighted by Gasteiger charge is -2.11. The van der Waals surface area contributed by atoms with E-state index in [4.69, 9.17) is 5.73 Å². The number of primary amides is 1. The van der Waals surface area contributed by atoms with Crippen molar-refractivity contribution < 1.29 is 4.79 Å². The van der Waals surface area contributed by atoms with Crippen molar-refractivity contribution in [1.82, 2.24) is 10.3 Å². The molecule has 1 amide bonds. The molecule has 1 saturated carbocycles. The minimum atomic E-state index is -0.407. The molecule has 0 spiro atoms. The number of nitrogens with two attached hydrogens (primary N) is 1. The van der Waals surface area contributed by atoms with Gasteiger partial charge in [0.25, 0.3) is 0 Å². The second kappa shape index (κ2) is 4.06. The molecule has 0 bridgehead atoms. The van der Waals surface area contributed by atoms with Crippen LogP contribution in [0.25, 0.3) is 0 Å². The molecule has 0 aliphatic heterocycles. The highest BCUT2D eigenvalue weighted by Gasteiger charge is 2.25. The number of carbonyl (C=O) groups excluding carboxylic acids is 1. The van der Waals surface area contributed by atoms with E-state index in [1.165, 1.54) is 24.2 Å². The number of thiazole rings is 1. The van der Waals surface area contributed by atoms with E-state index in [-0.39, 0.29) is 5.91 Å². The molecule has 1 fully saturated rings. The zero-order valence-electron chi connectivity index (χ0n) is 7.77. The van der Waals surface area contributed by atoms with Crippen LogP contribution in [0.5, 0.6) is 0 Å². The standard InChI is InChI=1S/C9H13N3OS/c10-8(13)7(9-11-3-4-14-9)12-5-6-1-2-6/h3-4,6-7,12H,1-2,5H2,(H2,10,13). The summed E-state index contributed by atoms with van der Waals surface area (Å²) in [5.41, 5.74) is 5.30. The zero-order valence-corrected chi connectivity index (χ0v) is 8.59. The van der Waals surface area contributed by atoms with Crippen molar-refractivity contribution in [3.63, 3.8) is 0 Å². The van der Waals surface area contributed by atoms with E-state index < -0.39 is 6.04 Å². The van der Waals surface area contributed by atoms with Gasteiger partial charge >= 0.3 is 0 Å². The molecular weight excluding hydrogens is 198 g/mol. The van der Waals surface area contributed by atoms with Gasteiger partial charge in [-0.2, -0.15) is 0 Å². The molecule has 1 aliphatic carbocycles. The Hall–Kier alpha value is -0.940. The Morgan fingerprint density at radius 2 is 2.57 bits per heavy atom. The van der Waals surface area contributed by atoms with E-state index in [1.807, 2.05) is 5.38 Å². The second-order valence-corrected chi connectivity index (χ2v) is 4.48. The number of hydrogen-bond donors (Lipinski definition) is 2. The van der Waals surface area contributed by atoms with Gasteiger partial charge in [0.05, 0.1) is 0 Å². The third-order valence-electron chi connectivity index (χ3n) is 2.29. The van der Waals surface area contributed by atoms with Gasteiger partial charge in [0.1, 0.15) is 11.0 Å². The number of rotatable bonds is 5. The quantitative estimate of drug-likeness (QED) is 0.752. The molecule has 5 heteroatoms. The Bertz CT molecular complexity index is 308. The highest BCUT2D eigenvalue weighted by molar-refractivity contribution is 7.09. The Labute approximate surface area is 86.5 Å². The average Bonchev–Trinajstić information content (AvgIpc) is 2.80. The van der Waals surface area contributed by atoms with Crippen molar-refractivity contribution in [3.8, 4) is 0 Å². The van der Waals surface area contributed by atoms with Gasteiger partial charge in [-0.3, -0.25) is 10.1 Å². The molecule has 3 N–H and O–H groups in total. The third-order valence-corrected chi connectivity index (χ3v) is 3.13. The SMILES string of the molecule is NC(=O)C(NCC1CC1)c1nccs1. The highest BCUT2D eigenvalue weighted by Crippen LogP contribution is 2.28. The third kappa shape index (κ3) is 2.30. The lowest BCUT2D eigenvalue weighted by Crippen LogP contribution is -2.34. The van der Waals surface area contributed by atoms with E-state index in [9.17, 15) is 4.79 Å². The largest absolute Gasteiger partial charge is 0.368 e. The number of amides is 1. The van der Waals surface area contributed by atoms with Crippen LogP contribution in [-0.2, 0) is 4.79 Å². The molecule has 1 unspecified atom stereocenters. The molecule has 1 aromatic rings. The lowest BCUT2D eigenvalue weighted by atomic mass is 10.3. The van der Waals surface area contributed by atoms with Crippen molar-refractivity contribution in [2.24, 2.45) is 11.7 Å². The smallest absolute Gasteiger partial charge is 0.241 e. The summed E-state index contributed by atoms with van der Waals surface area (Å²) in [6.07, 6.45) is 4.21. The maximum atomic E-state index is 11.2. The van der Waals surface area contributed by atoms with Crippen LogP contribution in [0.3, 0.4) is 0 Å². The number of aromatic nitrogens is 1. The van der Waals surface area contributed by atoms with E-state index >= 15 is 0 Å². The highest BCUT2D eigenvalue weighted by atomic mass is 32.1. The fraction of sp³-hybridized carbons (Fsp3) is 0.556. The Morgan fingerprint density at radius 3 is 3.07 bits per heavy atom. The molecule has 1 atom stereocenters. The van der Waals surface area contributed by atoms with Gasteiger partial charge in [-0.25, -0.2) is 4.98 Å². The summed E-state index contributed by atoms with van der Waals surface area (Å²) in [4.78, 5) is 15.2. The number of hydrogen-bond acceptors (Lipinski definition) is 4. The molecular formula is C9H13N3OS. The van der Waals surface area contributed by atoms with Crippen molar-refractivity contribution in [2.75, 3.05) is 6.54 Å². The van der Waals surface area contributed by atoms with E-state index in [0.29, 0.717) is 0 Å². The normalized spacial score (nSPS) is 18.0. The molecule has 0 radical (unpaired) electrons. The minimum Gasteiger partial charge on any atom is -0.368 e. The Balaban J connectivity index is 1.96. The zero-order chi connectivity index (χ0) is 9.97. The van der Waals surface area contributed by atoms with Gasteiger partial charge in [-0.15, -0.1) is 11.3 Å². The van der Waals surface area contributed by atoms with Crippen molar-refractivity contribution >= 4 is 17.2 Å². The van der Waals surface area contributed by atoms with Crippen LogP contribution in [0.15, 0.2) is 11.6 Å². The van der Waals surface area contributed by atoms with Crippen LogP contribution in [0.2, 0.25) is 0 Å². The van der Waals surface area contributed by atoms with Gasteiger partial charge in [0.2, 0.25) is 5.91 Å². The molecule has 0 saturated heterocycles. The van der Waals surface area contributed by atoms with Crippen molar-refractivity contribution in [1.29, 1.82) is 0 Å². The van der Waals surface area contributed by atoms with E-state index in [1.54, 1.807) is 6.20 Å². The first-order chi connectivity index (χ1) is 6.77. The first-order valence-corrected chi connectivity index (χ1v) is 5.57. The Kier molecular flexibility index (Phi) is 2.79. The summed E-state index contributed by atoms with van der Waals surface area (Å²) in [7, 11) is 0. The number of nitrogens with zero attached hydrogens (tertiary/aromatic N) is 1. The molecule has 4 nitrogen and oxygen atoms in total. The summed E-state index contributed by atoms with van der Waals surface area (Å²) < 4.78 is 0. The fourth-order valence-electron chi connectivity index (χ4n) is 1.29. The predicted octanol–water partition coefficient (Wildman–Crippen LogP) is 0.669. The van der Waals surface area contributed by atoms with Gasteiger partial charge in [0, 0.05) is 11.6 Å². The summed E-state index contributed by atoms with van der Waals surface area (Å²) in [5, 5.41) is 5.77. The van der Waals surface area contributed by atoms with Gasteiger partial charge in [-0.05, 0) is 25.3 Å². The second-order valence-electron chi connectivity index (χ2n) is 3.56. The molecule has 76 valence electrons. The van der Waals surface area contributed by atoms with E-state index in [0.717, 1.165) is 17.5 Å². The average molecular weight is 211 g/mol. The minimum absolute atomic E-state index is 0.347. The van der Waals surface area contributed by atoms with Gasteiger partial charge < -0.3 is 5.73 Å². The first-order valence-electron chi connectivity index (χ1n) is 4.69. The molecule has 14 heavy (non-hydrogen) atoms. The maximum absolute atomic E-state index is 11.2. The van der Waals surface area contributed by atoms with Crippen LogP contribution in [-0.4, -0.2) is 17.4 Å². The van der Waals surface area contributed by atoms with Crippen molar-refractivity contribution in [3.05, 3.63) is 16.6 Å². The van der Waals surface area contributed by atoms with Gasteiger partial charge in [0.15, 0.2) is 0 Å². The molecule has 1 aromatic heterocycles. The topological polar surface area (TPSA) is 68.0 Å². The van der Waals surface area contributed by atoms with Crippen molar-refractivity contribution in [2.45, 2.75) is 18.9 Å². The summed E-state index contributed by atoms with van der Waals surface area (Å²) >= 11 is 1.46. The van der Waals surface area contributed by atoms with Gasteiger partial charge in [-0.1, -0.05) is 0 Å². The molecule has 1 heterocycles. The summed E-state index contributed by atoms with van der Waals surface area (Å²) in [5.74, 6) is 0.386. The summed E-state index contributed by atoms with van der Waals surface area (Å²) in [6, 6.07) is -0.407. The number of carbonyl (C=O) groups is 1. The van der Waals surface area contributed by atoms with Crippen LogP contribution < -0.4 is 11.1 Å². The maximum Gasteiger partial charge on any atom is 0.241 e. The number of nitrogens with one attached hydrogen (secondary N) is 1.